The molecule has 9 N–H and O–H groups in total. The molecule has 29 heteroatoms. The van der Waals surface area contributed by atoms with E-state index in [-0.39, 0.29) is 76.1 Å². The van der Waals surface area contributed by atoms with Gasteiger partial charge in [0.25, 0.3) is 0 Å². The second-order valence-electron chi connectivity index (χ2n) is 28.4. The van der Waals surface area contributed by atoms with Crippen molar-refractivity contribution in [1.82, 2.24) is 67.5 Å². The molecule has 98 heavy (non-hydrogen) atoms. The van der Waals surface area contributed by atoms with E-state index in [0.29, 0.717) is 19.3 Å². The van der Waals surface area contributed by atoms with Crippen molar-refractivity contribution in [3.05, 3.63) is 0 Å². The molecule has 29 nitrogen and oxygen atoms in total. The molecule has 0 aliphatic carbocycles. The second-order valence-corrected chi connectivity index (χ2v) is 28.4. The maximum absolute atomic E-state index is 14.8. The smallest absolute Gasteiger partial charge is 0.329 e. The summed E-state index contributed by atoms with van der Waals surface area (Å²) >= 11 is 0. The van der Waals surface area contributed by atoms with Crippen LogP contribution in [0, 0.1) is 47.3 Å². The SMILES string of the molecule is CC[C@H](C)[C@H]1C(=O)NCCC(=O)N[C@H]([C@@H](C)CC)C(=O)N(C)[C@@H](C(C)C)C(=O)N[C@@H](C)C(=O)NCCC(=O)N[C@H](CC(C)C)C(=O)N(C)[C@H]([C@@H](C)CC)C(=O)O[C@H](C)[C@H](NC(=O)[C@@H](CC(C)C)N(C)C(=O)[C@@H](NC(=O)COC)C(C)C)C(=O)NCCC(=O)N[C@H](CC(C)C)C(=O)N1C. The van der Waals surface area contributed by atoms with E-state index in [1.807, 2.05) is 55.4 Å². The zero-order valence-corrected chi connectivity index (χ0v) is 63.0. The van der Waals surface area contributed by atoms with E-state index in [1.54, 1.807) is 55.4 Å². The fourth-order valence-electron chi connectivity index (χ4n) is 11.6. The van der Waals surface area contributed by atoms with Crippen LogP contribution in [0.3, 0.4) is 0 Å². The van der Waals surface area contributed by atoms with Crippen molar-refractivity contribution in [2.75, 3.05) is 61.5 Å². The standard InChI is InChI=1S/C69H123N13O16/c1-24-42(14)55-68(95)80(20)57(41(12)13)64(91)73-45(17)60(87)70-30-27-50(83)75-48(34-38(6)7)66(93)82(22)59(44(16)26-3)69(96)98-46(18)56(78-61(88)49(35-39(8)9)79(19)67(94)54(40(10)11)77-53(86)36-97-23)62(89)71-31-28-51(84)74-47(33-37(4)5)65(92)81(21)58(43(15)25-2)63(90)72-32-29-52(85)76-55/h37-49,54-59H,24-36H2,1-23H3,(H,70,87)(H,71,89)(H,72,90)(H,73,91)(H,74,84)(H,75,83)(H,76,85)(H,77,86)(H,78,88)/t42-,43-,44-,45-,46+,47+,48+,49+,54-,55+,56-,57-,58-,59+/m0/s1. The molecule has 13 amide bonds. The molecule has 1 heterocycles. The molecule has 1 aliphatic heterocycles. The average molecular weight is 1390 g/mol. The van der Waals surface area contributed by atoms with Crippen molar-refractivity contribution < 1.29 is 76.6 Å². The average Bonchev–Trinajstić information content (AvgIpc) is 0.840. The highest BCUT2D eigenvalue weighted by Gasteiger charge is 2.43. The van der Waals surface area contributed by atoms with E-state index in [9.17, 15) is 67.1 Å². The first-order valence-corrected chi connectivity index (χ1v) is 35.0. The van der Waals surface area contributed by atoms with Gasteiger partial charge in [0.05, 0.1) is 0 Å². The van der Waals surface area contributed by atoms with Crippen molar-refractivity contribution in [2.24, 2.45) is 47.3 Å². The molecular weight excluding hydrogens is 1270 g/mol. The minimum atomic E-state index is -1.73. The molecule has 1 aliphatic rings. The van der Waals surface area contributed by atoms with Crippen LogP contribution in [0.5, 0.6) is 0 Å². The summed E-state index contributed by atoms with van der Waals surface area (Å²) in [6, 6.07) is -12.3. The molecule has 0 spiro atoms. The number of nitrogens with one attached hydrogen (secondary N) is 9. The molecule has 0 unspecified atom stereocenters. The van der Waals surface area contributed by atoms with E-state index in [2.05, 4.69) is 47.9 Å². The van der Waals surface area contributed by atoms with Gasteiger partial charge in [-0.05, 0) is 80.5 Å². The molecule has 0 aromatic rings. The van der Waals surface area contributed by atoms with Crippen LogP contribution in [0.25, 0.3) is 0 Å². The quantitative estimate of drug-likeness (QED) is 0.0742. The number of amides is 13. The third kappa shape index (κ3) is 28.0. The summed E-state index contributed by atoms with van der Waals surface area (Å²) in [7, 11) is 6.96. The van der Waals surface area contributed by atoms with Crippen molar-refractivity contribution in [1.29, 1.82) is 0 Å². The molecule has 0 radical (unpaired) electrons. The summed E-state index contributed by atoms with van der Waals surface area (Å²) in [5, 5.41) is 24.4. The first kappa shape index (κ1) is 88.6. The molecule has 560 valence electrons. The van der Waals surface area contributed by atoms with Gasteiger partial charge in [-0.3, -0.25) is 62.3 Å². The number of esters is 1. The number of hydrogen-bond donors (Lipinski definition) is 9. The van der Waals surface area contributed by atoms with Crippen LogP contribution in [0.15, 0.2) is 0 Å². The van der Waals surface area contributed by atoms with Gasteiger partial charge >= 0.3 is 5.97 Å². The van der Waals surface area contributed by atoms with Crippen LogP contribution in [-0.2, 0) is 76.6 Å². The number of cyclic esters (lactones) is 1. The van der Waals surface area contributed by atoms with Crippen molar-refractivity contribution in [2.45, 2.75) is 249 Å². The van der Waals surface area contributed by atoms with Gasteiger partial charge in [0.15, 0.2) is 0 Å². The fourth-order valence-corrected chi connectivity index (χ4v) is 11.6. The number of carbonyl (C=O) groups excluding carboxylic acids is 14. The monoisotopic (exact) mass is 1390 g/mol. The third-order valence-corrected chi connectivity index (χ3v) is 17.9. The van der Waals surface area contributed by atoms with Crippen LogP contribution in [0.1, 0.15) is 182 Å². The Kier molecular flexibility index (Phi) is 39.0. The summed E-state index contributed by atoms with van der Waals surface area (Å²) in [6.07, 6.45) is -0.995. The Balaban J connectivity index is 4.14. The van der Waals surface area contributed by atoms with Gasteiger partial charge < -0.3 is 76.9 Å². The highest BCUT2D eigenvalue weighted by Crippen LogP contribution is 2.23. The summed E-state index contributed by atoms with van der Waals surface area (Å²) in [5.74, 6) is -12.5. The number of carbonyl (C=O) groups is 14. The number of likely N-dealkylation sites (N-methyl/N-ethyl adjacent to an activating group) is 4. The molecule has 1 saturated heterocycles. The van der Waals surface area contributed by atoms with E-state index in [4.69, 9.17) is 9.47 Å². The predicted molar refractivity (Wildman–Crippen MR) is 370 cm³/mol. The van der Waals surface area contributed by atoms with Gasteiger partial charge in [-0.15, -0.1) is 0 Å². The Labute approximate surface area is 582 Å². The Bertz CT molecular complexity index is 2690. The molecule has 0 saturated carbocycles. The van der Waals surface area contributed by atoms with Crippen molar-refractivity contribution >= 4 is 82.8 Å². The van der Waals surface area contributed by atoms with Crippen LogP contribution in [0.4, 0.5) is 0 Å². The lowest BCUT2D eigenvalue weighted by Gasteiger charge is -2.36. The molecule has 0 bridgehead atoms. The second kappa shape index (κ2) is 43.2. The Morgan fingerprint density at radius 3 is 1.44 bits per heavy atom. The molecule has 14 atom stereocenters. The van der Waals surface area contributed by atoms with Gasteiger partial charge in [-0.1, -0.05) is 130 Å². The van der Waals surface area contributed by atoms with Gasteiger partial charge in [0.1, 0.15) is 73.1 Å². The lowest BCUT2D eigenvalue weighted by Crippen LogP contribution is -2.61. The number of rotatable bonds is 21. The first-order chi connectivity index (χ1) is 45.6. The third-order valence-electron chi connectivity index (χ3n) is 17.9. The maximum Gasteiger partial charge on any atom is 0.329 e. The summed E-state index contributed by atoms with van der Waals surface area (Å²) < 4.78 is 11.1. The lowest BCUT2D eigenvalue weighted by atomic mass is 9.95. The zero-order valence-electron chi connectivity index (χ0n) is 63.0. The van der Waals surface area contributed by atoms with E-state index in [0.717, 1.165) is 4.90 Å². The molecule has 0 aromatic carbocycles. The molecular formula is C69H123N13O16. The van der Waals surface area contributed by atoms with E-state index < -0.39 is 185 Å². The number of hydrogen-bond acceptors (Lipinski definition) is 16. The Morgan fingerprint density at radius 1 is 0.561 bits per heavy atom. The van der Waals surface area contributed by atoms with Gasteiger partial charge in [-0.25, -0.2) is 4.79 Å². The van der Waals surface area contributed by atoms with Gasteiger partial charge in [0, 0.05) is 74.2 Å². The Morgan fingerprint density at radius 2 is 1.00 bits per heavy atom. The van der Waals surface area contributed by atoms with Gasteiger partial charge in [0.2, 0.25) is 76.8 Å². The number of nitrogens with zero attached hydrogens (tertiary/aromatic N) is 4. The lowest BCUT2D eigenvalue weighted by molar-refractivity contribution is -0.163. The normalized spacial score (nSPS) is 24.8. The predicted octanol–water partition coefficient (Wildman–Crippen LogP) is 1.92. The van der Waals surface area contributed by atoms with Crippen LogP contribution >= 0.6 is 0 Å². The van der Waals surface area contributed by atoms with Crippen LogP contribution < -0.4 is 47.9 Å². The van der Waals surface area contributed by atoms with Crippen molar-refractivity contribution in [3.63, 3.8) is 0 Å². The fraction of sp³-hybridized carbons (Fsp3) is 0.797. The zero-order chi connectivity index (χ0) is 75.3. The topological polar surface area (TPSA) is 379 Å². The first-order valence-electron chi connectivity index (χ1n) is 35.0. The highest BCUT2D eigenvalue weighted by molar-refractivity contribution is 5.97. The van der Waals surface area contributed by atoms with E-state index in [1.165, 1.54) is 63.8 Å². The largest absolute Gasteiger partial charge is 0.458 e. The van der Waals surface area contributed by atoms with Crippen LogP contribution in [0.2, 0.25) is 0 Å². The summed E-state index contributed by atoms with van der Waals surface area (Å²) in [5.41, 5.74) is 0. The summed E-state index contributed by atoms with van der Waals surface area (Å²) in [6.45, 7) is 30.2. The summed E-state index contributed by atoms with van der Waals surface area (Å²) in [4.78, 5) is 203. The Hall–Kier alpha value is -7.46. The molecule has 0 aromatic heterocycles. The molecule has 1 rings (SSSR count). The minimum Gasteiger partial charge on any atom is -0.458 e. The van der Waals surface area contributed by atoms with E-state index >= 15 is 0 Å². The van der Waals surface area contributed by atoms with Crippen LogP contribution in [-0.4, -0.2) is 230 Å². The molecule has 1 fully saturated rings. The minimum absolute atomic E-state index is 0.0607. The van der Waals surface area contributed by atoms with Gasteiger partial charge in [-0.2, -0.15) is 0 Å². The highest BCUT2D eigenvalue weighted by atomic mass is 16.5. The number of methoxy groups -OCH3 is 1. The number of ether oxygens (including phenoxy) is 2. The van der Waals surface area contributed by atoms with Crippen molar-refractivity contribution in [3.8, 4) is 0 Å². The maximum atomic E-state index is 14.8.